The lowest BCUT2D eigenvalue weighted by Crippen LogP contribution is -2.34. The first kappa shape index (κ1) is 15.0. The Balaban J connectivity index is 2.53. The minimum atomic E-state index is -0.959. The van der Waals surface area contributed by atoms with E-state index in [1.54, 1.807) is 26.2 Å². The summed E-state index contributed by atoms with van der Waals surface area (Å²) in [4.78, 5) is 12.7. The number of halogens is 1. The molecule has 0 aliphatic heterocycles. The maximum atomic E-state index is 12.8. The predicted octanol–water partition coefficient (Wildman–Crippen LogP) is 2.41. The Kier molecular flexibility index (Phi) is 5.85. The molecule has 1 amide bonds. The molecule has 0 radical (unpaired) electrons. The van der Waals surface area contributed by atoms with E-state index in [1.807, 2.05) is 12.1 Å². The summed E-state index contributed by atoms with van der Waals surface area (Å²) in [5.41, 5.74) is 0. The van der Waals surface area contributed by atoms with E-state index in [4.69, 9.17) is 9.47 Å². The van der Waals surface area contributed by atoms with Crippen molar-refractivity contribution in [3.05, 3.63) is 36.7 Å². The second-order valence-electron chi connectivity index (χ2n) is 3.79. The Bertz CT molecular complexity index is 448. The average molecular weight is 267 g/mol. The Morgan fingerprint density at radius 2 is 2.00 bits per heavy atom. The second kappa shape index (κ2) is 7.41. The van der Waals surface area contributed by atoms with Gasteiger partial charge in [0.1, 0.15) is 6.61 Å². The van der Waals surface area contributed by atoms with Crippen molar-refractivity contribution >= 4 is 5.91 Å². The van der Waals surface area contributed by atoms with E-state index in [9.17, 15) is 9.18 Å². The van der Waals surface area contributed by atoms with Gasteiger partial charge in [-0.05, 0) is 19.1 Å². The van der Waals surface area contributed by atoms with Gasteiger partial charge in [0.2, 0.25) is 0 Å². The summed E-state index contributed by atoms with van der Waals surface area (Å²) in [5.74, 6) is -0.454. The molecule has 0 N–H and O–H groups in total. The Hall–Kier alpha value is -2.04. The number of methoxy groups -OCH3 is 1. The van der Waals surface area contributed by atoms with E-state index in [1.165, 1.54) is 4.90 Å². The minimum Gasteiger partial charge on any atom is -0.493 e. The lowest BCUT2D eigenvalue weighted by atomic mass is 10.3. The lowest BCUT2D eigenvalue weighted by Gasteiger charge is -2.20. The van der Waals surface area contributed by atoms with Gasteiger partial charge in [0.05, 0.1) is 13.7 Å². The maximum absolute atomic E-state index is 12.8. The lowest BCUT2D eigenvalue weighted by molar-refractivity contribution is -0.128. The first-order chi connectivity index (χ1) is 9.10. The molecule has 0 saturated carbocycles. The summed E-state index contributed by atoms with van der Waals surface area (Å²) in [6.45, 7) is 5.71. The Morgan fingerprint density at radius 1 is 1.37 bits per heavy atom. The number of hydrogen-bond donors (Lipinski definition) is 0. The molecular weight excluding hydrogens is 249 g/mol. The van der Waals surface area contributed by atoms with Gasteiger partial charge in [-0.1, -0.05) is 18.7 Å². The van der Waals surface area contributed by atoms with Gasteiger partial charge in [0.15, 0.2) is 17.3 Å². The van der Waals surface area contributed by atoms with Crippen LogP contribution >= 0.6 is 0 Å². The van der Waals surface area contributed by atoms with Crippen molar-refractivity contribution in [3.8, 4) is 11.5 Å². The highest BCUT2D eigenvalue weighted by Crippen LogP contribution is 2.25. The first-order valence-electron chi connectivity index (χ1n) is 5.99. The van der Waals surface area contributed by atoms with E-state index < -0.39 is 11.7 Å². The minimum absolute atomic E-state index is 0.257. The van der Waals surface area contributed by atoms with Crippen LogP contribution in [0.5, 0.6) is 11.5 Å². The number of carbonyl (C=O) groups excluding carboxylic acids is 1. The molecule has 4 nitrogen and oxygen atoms in total. The van der Waals surface area contributed by atoms with E-state index in [2.05, 4.69) is 6.58 Å². The van der Waals surface area contributed by atoms with Gasteiger partial charge in [-0.25, -0.2) is 4.39 Å². The number of para-hydroxylation sites is 2. The van der Waals surface area contributed by atoms with Crippen molar-refractivity contribution in [2.24, 2.45) is 0 Å². The molecule has 19 heavy (non-hydrogen) atoms. The number of nitrogens with zero attached hydrogens (tertiary/aromatic N) is 1. The monoisotopic (exact) mass is 267 g/mol. The zero-order valence-corrected chi connectivity index (χ0v) is 11.2. The molecule has 0 unspecified atom stereocenters. The van der Waals surface area contributed by atoms with Gasteiger partial charge in [-0.15, -0.1) is 0 Å². The fourth-order valence-electron chi connectivity index (χ4n) is 1.58. The third-order valence-corrected chi connectivity index (χ3v) is 2.59. The molecule has 0 atom stereocenters. The zero-order valence-electron chi connectivity index (χ0n) is 11.2. The van der Waals surface area contributed by atoms with Crippen LogP contribution in [0.4, 0.5) is 4.39 Å². The van der Waals surface area contributed by atoms with Gasteiger partial charge in [0, 0.05) is 6.54 Å². The Morgan fingerprint density at radius 3 is 2.53 bits per heavy atom. The number of ether oxygens (including phenoxy) is 2. The normalized spacial score (nSPS) is 9.84. The summed E-state index contributed by atoms with van der Waals surface area (Å²) < 4.78 is 23.4. The van der Waals surface area contributed by atoms with Crippen LogP contribution in [0.25, 0.3) is 0 Å². The summed E-state index contributed by atoms with van der Waals surface area (Å²) in [6.07, 6.45) is 0. The van der Waals surface area contributed by atoms with Crippen LogP contribution in [0, 0.1) is 0 Å². The maximum Gasteiger partial charge on any atom is 0.282 e. The number of amides is 1. The third kappa shape index (κ3) is 4.28. The predicted molar refractivity (Wildman–Crippen MR) is 71.0 cm³/mol. The van der Waals surface area contributed by atoms with Crippen molar-refractivity contribution in [1.82, 2.24) is 4.90 Å². The van der Waals surface area contributed by atoms with Crippen LogP contribution < -0.4 is 9.47 Å². The van der Waals surface area contributed by atoms with E-state index in [-0.39, 0.29) is 13.2 Å². The van der Waals surface area contributed by atoms with Crippen LogP contribution in [-0.4, -0.2) is 37.6 Å². The van der Waals surface area contributed by atoms with Gasteiger partial charge in [-0.3, -0.25) is 4.79 Å². The molecule has 1 aromatic carbocycles. The first-order valence-corrected chi connectivity index (χ1v) is 5.99. The fraction of sp³-hybridized carbons (Fsp3) is 0.357. The molecule has 1 rings (SSSR count). The molecule has 0 heterocycles. The van der Waals surface area contributed by atoms with Crippen LogP contribution in [0.2, 0.25) is 0 Å². The highest BCUT2D eigenvalue weighted by atomic mass is 19.1. The molecule has 0 saturated heterocycles. The molecule has 1 aromatic rings. The SMILES string of the molecule is C=C(F)C(=O)N(CC)CCOc1ccccc1OC. The van der Waals surface area contributed by atoms with Crippen LogP contribution in [-0.2, 0) is 4.79 Å². The van der Waals surface area contributed by atoms with Crippen molar-refractivity contribution < 1.29 is 18.7 Å². The fourth-order valence-corrected chi connectivity index (χ4v) is 1.58. The van der Waals surface area contributed by atoms with Gasteiger partial charge in [-0.2, -0.15) is 0 Å². The van der Waals surface area contributed by atoms with Gasteiger partial charge in [0.25, 0.3) is 5.91 Å². The highest BCUT2D eigenvalue weighted by molar-refractivity contribution is 5.90. The molecule has 0 spiro atoms. The summed E-state index contributed by atoms with van der Waals surface area (Å²) in [7, 11) is 1.55. The van der Waals surface area contributed by atoms with Crippen LogP contribution in [0.3, 0.4) is 0 Å². The topological polar surface area (TPSA) is 38.8 Å². The number of rotatable bonds is 7. The smallest absolute Gasteiger partial charge is 0.282 e. The van der Waals surface area contributed by atoms with Crippen molar-refractivity contribution in [2.75, 3.05) is 26.8 Å². The number of benzene rings is 1. The van der Waals surface area contributed by atoms with Crippen LogP contribution in [0.1, 0.15) is 6.92 Å². The molecule has 0 fully saturated rings. The number of likely N-dealkylation sites (N-methyl/N-ethyl adjacent to an activating group) is 1. The highest BCUT2D eigenvalue weighted by Gasteiger charge is 2.15. The zero-order chi connectivity index (χ0) is 14.3. The average Bonchev–Trinajstić information content (AvgIpc) is 2.43. The molecule has 0 aliphatic rings. The van der Waals surface area contributed by atoms with E-state index in [0.717, 1.165) is 0 Å². The molecule has 0 aliphatic carbocycles. The standard InChI is InChI=1S/C14H18FNO3/c1-4-16(14(17)11(2)15)9-10-19-13-8-6-5-7-12(13)18-3/h5-8H,2,4,9-10H2,1,3H3. The molecule has 104 valence electrons. The molecule has 0 bridgehead atoms. The Labute approximate surface area is 112 Å². The number of carbonyl (C=O) groups is 1. The second-order valence-corrected chi connectivity index (χ2v) is 3.79. The summed E-state index contributed by atoms with van der Waals surface area (Å²) in [6, 6.07) is 7.21. The summed E-state index contributed by atoms with van der Waals surface area (Å²) >= 11 is 0. The number of hydrogen-bond acceptors (Lipinski definition) is 3. The molecule has 5 heteroatoms. The van der Waals surface area contributed by atoms with Crippen molar-refractivity contribution in [1.29, 1.82) is 0 Å². The van der Waals surface area contributed by atoms with Gasteiger partial charge < -0.3 is 14.4 Å². The molecular formula is C14H18FNO3. The van der Waals surface area contributed by atoms with Crippen molar-refractivity contribution in [3.63, 3.8) is 0 Å². The van der Waals surface area contributed by atoms with E-state index >= 15 is 0 Å². The molecule has 0 aromatic heterocycles. The van der Waals surface area contributed by atoms with Crippen LogP contribution in [0.15, 0.2) is 36.7 Å². The van der Waals surface area contributed by atoms with Gasteiger partial charge >= 0.3 is 0 Å². The summed E-state index contributed by atoms with van der Waals surface area (Å²) in [5, 5.41) is 0. The van der Waals surface area contributed by atoms with Crippen molar-refractivity contribution in [2.45, 2.75) is 6.92 Å². The van der Waals surface area contributed by atoms with E-state index in [0.29, 0.717) is 18.0 Å². The quantitative estimate of drug-likeness (QED) is 0.712. The largest absolute Gasteiger partial charge is 0.493 e. The third-order valence-electron chi connectivity index (χ3n) is 2.59.